The predicted molar refractivity (Wildman–Crippen MR) is 443 cm³/mol. The molecule has 0 spiro atoms. The van der Waals surface area contributed by atoms with Gasteiger partial charge in [0.1, 0.15) is 17.2 Å². The quantitative estimate of drug-likeness (QED) is 0.0396. The maximum atomic E-state index is 13.8. The Labute approximate surface area is 637 Å². The molecule has 0 saturated carbocycles. The van der Waals surface area contributed by atoms with E-state index in [0.29, 0.717) is 33.9 Å². The lowest BCUT2D eigenvalue weighted by molar-refractivity contribution is 0.0725. The Hall–Kier alpha value is -13.9. The summed E-state index contributed by atoms with van der Waals surface area (Å²) in [4.78, 5) is 48.2. The number of nitrogens with zero attached hydrogens (tertiary/aromatic N) is 3. The Bertz CT molecular complexity index is 4930. The van der Waals surface area contributed by atoms with Gasteiger partial charge in [-0.3, -0.25) is 0 Å². The van der Waals surface area contributed by atoms with Gasteiger partial charge in [0.2, 0.25) is 0 Å². The van der Waals surface area contributed by atoms with Gasteiger partial charge < -0.3 is 28.9 Å². The molecular weight excluding hydrogens is 1340 g/mol. The van der Waals surface area contributed by atoms with E-state index in [2.05, 4.69) is 275 Å². The highest BCUT2D eigenvalue weighted by Crippen LogP contribution is 2.41. The SMILES string of the molecule is Cc1ccc(N(c2ccc(C)cc2)c2ccc(-c3ccc(C(=O)Oc4ccc(C(c5ccc(OC(=O)c6ccc(-c7ccc(N(c8ccc(C)cc8)c8ccc(C)cc8)cc7)cc6)cc5)c5ccc(OC(=O)c6ccc(-c7ccc(N(c8ccc(C)cc8)c8ccc(C)cc8)cc7)cc6)cc5)cc4)cc3)cc2)cc1. The van der Waals surface area contributed by atoms with E-state index in [1.165, 1.54) is 33.4 Å². The number of benzene rings is 15. The first-order valence-electron chi connectivity index (χ1n) is 36.5. The van der Waals surface area contributed by atoms with Crippen LogP contribution in [0.2, 0.25) is 0 Å². The summed E-state index contributed by atoms with van der Waals surface area (Å²) in [7, 11) is 0. The smallest absolute Gasteiger partial charge is 0.343 e. The van der Waals surface area contributed by atoms with Crippen LogP contribution in [0.4, 0.5) is 51.2 Å². The highest BCUT2D eigenvalue weighted by atomic mass is 16.5. The number of carbonyl (C=O) groups excluding carboxylic acids is 3. The molecular formula is C100H79N3O6. The number of anilines is 9. The van der Waals surface area contributed by atoms with E-state index >= 15 is 0 Å². The average Bonchev–Trinajstić information content (AvgIpc) is 0.812. The summed E-state index contributed by atoms with van der Waals surface area (Å²) in [6.07, 6.45) is 0. The standard InChI is InChI=1S/C100H79N3O6/c1-67-7-43-85(44-8-67)101(86-45-9-68(2)10-46-86)91-55-31-76(32-56-91)73-19-25-82(26-20-73)98(104)107-94-61-37-79(38-62-94)97(80-39-63-95(64-40-80)108-99(105)83-27-21-74(22-28-83)77-33-57-92(58-34-77)102(87-47-11-69(3)12-48-87)88-49-13-70(4)14-50-88)81-41-65-96(66-42-81)109-100(106)84-29-23-75(24-30-84)78-35-59-93(60-36-78)103(89-51-15-71(5)16-52-89)90-53-17-72(6)18-54-90/h7-66,97H,1-6H3. The van der Waals surface area contributed by atoms with Crippen LogP contribution < -0.4 is 28.9 Å². The van der Waals surface area contributed by atoms with Crippen molar-refractivity contribution in [1.82, 2.24) is 0 Å². The fourth-order valence-corrected chi connectivity index (χ4v) is 13.6. The molecule has 0 aliphatic rings. The van der Waals surface area contributed by atoms with Crippen LogP contribution in [0.3, 0.4) is 0 Å². The van der Waals surface area contributed by atoms with Gasteiger partial charge in [-0.25, -0.2) is 14.4 Å². The van der Waals surface area contributed by atoms with Crippen molar-refractivity contribution in [3.8, 4) is 50.6 Å². The Balaban J connectivity index is 0.637. The number of hydrogen-bond donors (Lipinski definition) is 0. The molecule has 0 heterocycles. The molecule has 109 heavy (non-hydrogen) atoms. The molecule has 0 radical (unpaired) electrons. The lowest BCUT2D eigenvalue weighted by Gasteiger charge is -2.26. The fourth-order valence-electron chi connectivity index (χ4n) is 13.6. The zero-order valence-electron chi connectivity index (χ0n) is 61.5. The van der Waals surface area contributed by atoms with Gasteiger partial charge in [-0.1, -0.05) is 215 Å². The molecule has 530 valence electrons. The lowest BCUT2D eigenvalue weighted by atomic mass is 9.85. The van der Waals surface area contributed by atoms with Crippen LogP contribution in [0.25, 0.3) is 33.4 Å². The van der Waals surface area contributed by atoms with E-state index < -0.39 is 17.9 Å². The summed E-state index contributed by atoms with van der Waals surface area (Å²) in [5, 5.41) is 0. The highest BCUT2D eigenvalue weighted by Gasteiger charge is 2.22. The Morgan fingerprint density at radius 3 is 0.505 bits per heavy atom. The van der Waals surface area contributed by atoms with Gasteiger partial charge in [-0.05, 0) is 274 Å². The summed E-state index contributed by atoms with van der Waals surface area (Å²) in [6, 6.07) is 121. The topological polar surface area (TPSA) is 88.6 Å². The van der Waals surface area contributed by atoms with Gasteiger partial charge in [0.05, 0.1) is 16.7 Å². The molecule has 0 aliphatic carbocycles. The van der Waals surface area contributed by atoms with Crippen LogP contribution in [-0.4, -0.2) is 17.9 Å². The first-order valence-corrected chi connectivity index (χ1v) is 36.5. The zero-order valence-corrected chi connectivity index (χ0v) is 61.5. The maximum absolute atomic E-state index is 13.8. The minimum absolute atomic E-state index is 0.362. The van der Waals surface area contributed by atoms with E-state index in [1.54, 1.807) is 72.8 Å². The molecule has 0 aromatic heterocycles. The van der Waals surface area contributed by atoms with Gasteiger partial charge in [-0.15, -0.1) is 0 Å². The third-order valence-corrected chi connectivity index (χ3v) is 19.8. The molecule has 0 saturated heterocycles. The van der Waals surface area contributed by atoms with Crippen molar-refractivity contribution in [3.05, 3.63) is 431 Å². The second-order valence-corrected chi connectivity index (χ2v) is 27.7. The van der Waals surface area contributed by atoms with Crippen molar-refractivity contribution < 1.29 is 28.6 Å². The third-order valence-electron chi connectivity index (χ3n) is 19.8. The number of esters is 3. The van der Waals surface area contributed by atoms with Crippen molar-refractivity contribution in [2.45, 2.75) is 47.5 Å². The molecule has 0 N–H and O–H groups in total. The van der Waals surface area contributed by atoms with Gasteiger partial charge in [-0.2, -0.15) is 0 Å². The van der Waals surface area contributed by atoms with Crippen LogP contribution in [0, 0.1) is 41.5 Å². The number of aryl methyl sites for hydroxylation is 6. The van der Waals surface area contributed by atoms with Crippen molar-refractivity contribution in [1.29, 1.82) is 0 Å². The molecule has 0 bridgehead atoms. The van der Waals surface area contributed by atoms with Crippen LogP contribution in [0.1, 0.15) is 87.1 Å². The summed E-state index contributed by atoms with van der Waals surface area (Å²) < 4.78 is 18.0. The maximum Gasteiger partial charge on any atom is 0.343 e. The highest BCUT2D eigenvalue weighted by molar-refractivity contribution is 5.94. The first kappa shape index (κ1) is 70.8. The van der Waals surface area contributed by atoms with Crippen molar-refractivity contribution in [2.24, 2.45) is 0 Å². The summed E-state index contributed by atoms with van der Waals surface area (Å²) in [5.74, 6) is -0.710. The van der Waals surface area contributed by atoms with E-state index in [1.807, 2.05) is 72.8 Å². The molecule has 0 atom stereocenters. The third kappa shape index (κ3) is 16.5. The normalized spacial score (nSPS) is 11.0. The summed E-state index contributed by atoms with van der Waals surface area (Å²) >= 11 is 0. The first-order chi connectivity index (χ1) is 53.1. The molecule has 15 rings (SSSR count). The zero-order chi connectivity index (χ0) is 74.9. The fraction of sp³-hybridized carbons (Fsp3) is 0.0700. The largest absolute Gasteiger partial charge is 0.423 e. The van der Waals surface area contributed by atoms with Crippen LogP contribution in [0.15, 0.2) is 364 Å². The average molecular weight is 1420 g/mol. The Kier molecular flexibility index (Phi) is 20.7. The Morgan fingerprint density at radius 2 is 0.339 bits per heavy atom. The molecule has 15 aromatic rings. The molecule has 15 aromatic carbocycles. The van der Waals surface area contributed by atoms with Crippen molar-refractivity contribution in [2.75, 3.05) is 14.7 Å². The van der Waals surface area contributed by atoms with Crippen LogP contribution in [-0.2, 0) is 0 Å². The van der Waals surface area contributed by atoms with Gasteiger partial charge >= 0.3 is 17.9 Å². The molecule has 0 aliphatic heterocycles. The molecule has 9 heteroatoms. The van der Waals surface area contributed by atoms with Gasteiger partial charge in [0, 0.05) is 57.1 Å². The monoisotopic (exact) mass is 1420 g/mol. The molecule has 9 nitrogen and oxygen atoms in total. The molecule has 0 fully saturated rings. The Morgan fingerprint density at radius 1 is 0.193 bits per heavy atom. The van der Waals surface area contributed by atoms with E-state index in [9.17, 15) is 14.4 Å². The van der Waals surface area contributed by atoms with Crippen molar-refractivity contribution >= 4 is 69.1 Å². The second-order valence-electron chi connectivity index (χ2n) is 27.7. The second kappa shape index (κ2) is 31.8. The van der Waals surface area contributed by atoms with Crippen molar-refractivity contribution in [3.63, 3.8) is 0 Å². The minimum atomic E-state index is -0.490. The summed E-state index contributed by atoms with van der Waals surface area (Å²) in [6.45, 7) is 12.6. The van der Waals surface area contributed by atoms with Crippen LogP contribution >= 0.6 is 0 Å². The van der Waals surface area contributed by atoms with Gasteiger partial charge in [0.15, 0.2) is 0 Å². The number of carbonyl (C=O) groups is 3. The van der Waals surface area contributed by atoms with Gasteiger partial charge in [0.25, 0.3) is 0 Å². The van der Waals surface area contributed by atoms with Crippen LogP contribution in [0.5, 0.6) is 17.2 Å². The predicted octanol–water partition coefficient (Wildman–Crippen LogP) is 25.8. The number of hydrogen-bond acceptors (Lipinski definition) is 9. The van der Waals surface area contributed by atoms with E-state index in [4.69, 9.17) is 14.2 Å². The molecule has 0 amide bonds. The minimum Gasteiger partial charge on any atom is -0.423 e. The lowest BCUT2D eigenvalue weighted by Crippen LogP contribution is -2.10. The number of ether oxygens (including phenoxy) is 3. The van der Waals surface area contributed by atoms with E-state index in [-0.39, 0.29) is 5.92 Å². The van der Waals surface area contributed by atoms with E-state index in [0.717, 1.165) is 101 Å². The molecule has 0 unspecified atom stereocenters. The summed E-state index contributed by atoms with van der Waals surface area (Å²) in [5.41, 5.74) is 26.4. The number of rotatable bonds is 21.